The molecule has 0 radical (unpaired) electrons. The highest BCUT2D eigenvalue weighted by molar-refractivity contribution is 7.48. The second kappa shape index (κ2) is 55.9. The lowest BCUT2D eigenvalue weighted by Gasteiger charge is -2.35. The SMILES string of the molecule is COC1C(OCc2ccccc2)[C@@H](COCc2ccccc2)O[C@H]1OCC(OCc1ccccc1)C(OCc1ccccc1)C(COP(=O)(OCc1ccccc1)OC1C(OC)[C@H](OCC(OCc2ccccc2)C(OCc2ccccc2)C(COP(=O)(OCCCCCN=[N+]=[N-])OCc2ccccc2)OCc2ccccc2)O[C@@H]1COCc1ccccc1)OCc1ccccc1. The molecule has 698 valence electrons. The normalized spacial score (nSPS) is 19.6. The molecule has 2 aliphatic heterocycles. The maximum atomic E-state index is 16.9. The number of unbranched alkanes of at least 4 members (excludes halogenated alkanes) is 2. The molecule has 13 rings (SSSR count). The molecular formula is C104H119N3O23P2. The average molecular weight is 1840 g/mol. The molecule has 2 saturated heterocycles. The topological polar surface area (TPSA) is 277 Å². The zero-order chi connectivity index (χ0) is 91.1. The largest absolute Gasteiger partial charge is 0.475 e. The van der Waals surface area contributed by atoms with Gasteiger partial charge in [-0.05, 0) is 79.6 Å². The minimum atomic E-state index is -5.03. The van der Waals surface area contributed by atoms with Gasteiger partial charge in [-0.15, -0.1) is 0 Å². The molecule has 0 amide bonds. The van der Waals surface area contributed by atoms with Gasteiger partial charge >= 0.3 is 15.6 Å². The molecule has 2 aliphatic rings. The van der Waals surface area contributed by atoms with Crippen molar-refractivity contribution in [2.24, 2.45) is 5.11 Å². The minimum Gasteiger partial charge on any atom is -0.374 e. The lowest BCUT2D eigenvalue weighted by molar-refractivity contribution is -0.219. The molecule has 2 fully saturated rings. The van der Waals surface area contributed by atoms with Crippen molar-refractivity contribution in [3.8, 4) is 0 Å². The van der Waals surface area contributed by atoms with Crippen molar-refractivity contribution < 1.29 is 107 Å². The third-order valence-electron chi connectivity index (χ3n) is 22.0. The van der Waals surface area contributed by atoms with Crippen LogP contribution in [0.2, 0.25) is 0 Å². The summed E-state index contributed by atoms with van der Waals surface area (Å²) >= 11 is 0. The number of phosphoric ester groups is 2. The molecule has 16 atom stereocenters. The van der Waals surface area contributed by atoms with E-state index >= 15 is 9.13 Å². The maximum absolute atomic E-state index is 16.9. The summed E-state index contributed by atoms with van der Waals surface area (Å²) in [6.07, 6.45) is -13.3. The van der Waals surface area contributed by atoms with E-state index < -0.39 is 115 Å². The number of ether oxygens (including phenoxy) is 15. The number of nitrogens with zero attached hydrogens (tertiary/aromatic N) is 3. The first-order chi connectivity index (χ1) is 65.0. The molecular weight excluding hydrogens is 1720 g/mol. The smallest absolute Gasteiger partial charge is 0.374 e. The molecule has 0 bridgehead atoms. The van der Waals surface area contributed by atoms with Crippen molar-refractivity contribution in [2.45, 2.75) is 178 Å². The molecule has 2 heterocycles. The lowest BCUT2D eigenvalue weighted by atomic mass is 10.1. The fourth-order valence-electron chi connectivity index (χ4n) is 15.0. The Labute approximate surface area is 773 Å². The molecule has 28 heteroatoms. The van der Waals surface area contributed by atoms with Crippen molar-refractivity contribution in [1.82, 2.24) is 0 Å². The van der Waals surface area contributed by atoms with Crippen LogP contribution in [-0.2, 0) is 180 Å². The summed E-state index contributed by atoms with van der Waals surface area (Å²) in [6.45, 7) is -0.645. The fraction of sp³-hybridized carbons (Fsp3) is 0.365. The molecule has 132 heavy (non-hydrogen) atoms. The summed E-state index contributed by atoms with van der Waals surface area (Å²) in [5.74, 6) is 0. The van der Waals surface area contributed by atoms with Gasteiger partial charge in [-0.25, -0.2) is 9.13 Å². The zero-order valence-corrected chi connectivity index (χ0v) is 76.3. The quantitative estimate of drug-likeness (QED) is 0.0113. The van der Waals surface area contributed by atoms with Gasteiger partial charge in [0.25, 0.3) is 0 Å². The number of methoxy groups -OCH3 is 2. The molecule has 26 nitrogen and oxygen atoms in total. The van der Waals surface area contributed by atoms with Crippen molar-refractivity contribution in [2.75, 3.05) is 67.0 Å². The van der Waals surface area contributed by atoms with Crippen LogP contribution in [0, 0.1) is 0 Å². The van der Waals surface area contributed by atoms with Crippen molar-refractivity contribution in [3.05, 3.63) is 405 Å². The van der Waals surface area contributed by atoms with Gasteiger partial charge in [0.15, 0.2) is 12.6 Å². The number of azide groups is 1. The van der Waals surface area contributed by atoms with E-state index in [1.807, 2.05) is 334 Å². The summed E-state index contributed by atoms with van der Waals surface area (Å²) < 4.78 is 175. The highest BCUT2D eigenvalue weighted by atomic mass is 31.2. The van der Waals surface area contributed by atoms with E-state index in [0.29, 0.717) is 38.0 Å². The van der Waals surface area contributed by atoms with E-state index in [1.165, 1.54) is 7.11 Å². The summed E-state index contributed by atoms with van der Waals surface area (Å²) in [7, 11) is -6.43. The molecule has 0 saturated carbocycles. The Bertz CT molecular complexity index is 5100. The molecule has 11 aromatic rings. The molecule has 11 aromatic carbocycles. The van der Waals surface area contributed by atoms with Gasteiger partial charge in [0.1, 0.15) is 73.2 Å². The van der Waals surface area contributed by atoms with Crippen LogP contribution < -0.4 is 0 Å². The van der Waals surface area contributed by atoms with Crippen molar-refractivity contribution in [3.63, 3.8) is 0 Å². The zero-order valence-electron chi connectivity index (χ0n) is 74.5. The van der Waals surface area contributed by atoms with Crippen molar-refractivity contribution >= 4 is 15.6 Å². The monoisotopic (exact) mass is 1840 g/mol. The van der Waals surface area contributed by atoms with Gasteiger partial charge in [-0.2, -0.15) is 0 Å². The number of rotatable bonds is 62. The maximum Gasteiger partial charge on any atom is 0.475 e. The first-order valence-electron chi connectivity index (χ1n) is 44.7. The van der Waals surface area contributed by atoms with Crippen LogP contribution in [-0.4, -0.2) is 153 Å². The molecule has 0 aromatic heterocycles. The van der Waals surface area contributed by atoms with Crippen LogP contribution in [0.1, 0.15) is 80.5 Å². The fourth-order valence-corrected chi connectivity index (χ4v) is 17.6. The Kier molecular flexibility index (Phi) is 42.3. The first kappa shape index (κ1) is 99.8. The van der Waals surface area contributed by atoms with Gasteiger partial charge in [-0.3, -0.25) is 27.1 Å². The molecule has 12 unspecified atom stereocenters. The minimum absolute atomic E-state index is 0.00956. The van der Waals surface area contributed by atoms with E-state index in [1.54, 1.807) is 7.11 Å². The Morgan fingerprint density at radius 3 is 0.932 bits per heavy atom. The Hall–Kier alpha value is -9.65. The van der Waals surface area contributed by atoms with Gasteiger partial charge < -0.3 is 71.1 Å². The molecule has 0 aliphatic carbocycles. The van der Waals surface area contributed by atoms with Crippen LogP contribution in [0.4, 0.5) is 0 Å². The van der Waals surface area contributed by atoms with Crippen LogP contribution in [0.25, 0.3) is 10.4 Å². The van der Waals surface area contributed by atoms with E-state index in [0.717, 1.165) is 55.6 Å². The highest BCUT2D eigenvalue weighted by Gasteiger charge is 2.53. The third kappa shape index (κ3) is 33.5. The molecule has 0 spiro atoms. The first-order valence-corrected chi connectivity index (χ1v) is 47.6. The third-order valence-corrected chi connectivity index (χ3v) is 24.8. The highest BCUT2D eigenvalue weighted by Crippen LogP contribution is 2.55. The average Bonchev–Trinajstić information content (AvgIpc) is 1.64. The second-order valence-corrected chi connectivity index (χ2v) is 35.0. The van der Waals surface area contributed by atoms with Gasteiger partial charge in [0.2, 0.25) is 0 Å². The summed E-state index contributed by atoms with van der Waals surface area (Å²) in [5.41, 5.74) is 18.0. The second-order valence-electron chi connectivity index (χ2n) is 31.7. The Morgan fingerprint density at radius 1 is 0.303 bits per heavy atom. The van der Waals surface area contributed by atoms with Gasteiger partial charge in [-0.1, -0.05) is 345 Å². The van der Waals surface area contributed by atoms with Crippen molar-refractivity contribution in [1.29, 1.82) is 0 Å². The van der Waals surface area contributed by atoms with Crippen LogP contribution in [0.5, 0.6) is 0 Å². The van der Waals surface area contributed by atoms with Crippen LogP contribution in [0.3, 0.4) is 0 Å². The van der Waals surface area contributed by atoms with Gasteiger partial charge in [0.05, 0.1) is 119 Å². The number of hydrogen-bond acceptors (Lipinski definition) is 24. The predicted octanol–water partition coefficient (Wildman–Crippen LogP) is 20.6. The standard InChI is InChI=1S/C104H119N3O23P2/c1-110-101-99(120-71-88-55-31-11-32-56-88)95(74-112-63-80-39-15-3-16-40-80)128-103(101)121-76-91(114-65-82-43-19-5-20-44-82)98(119-70-87-53-29-10-30-54-87)94(117-68-85-49-25-8-26-50-85)79-127-132(109,125-73-90-59-35-13-36-60-90)130-100-96(75-113-64-81-41-17-4-18-42-81)129-104(102(100)111-2)122-77-92(115-66-83-45-21-6-22-46-83)97(118-69-86-51-27-9-28-52-86)93(116-67-84-47-23-7-24-48-84)78-126-131(108,123-62-38-14-37-61-106-107-105)124-72-89-57-33-12-34-58-89/h3-13,15-36,39-60,91-104H,14,37-38,61-79H2,1-2H3/t91?,92?,93?,94?,95-,96-,97?,98?,99?,100?,101?,102?,103-,104-,131?,132?/m1/s1. The Morgan fingerprint density at radius 2 is 0.591 bits per heavy atom. The van der Waals surface area contributed by atoms with Gasteiger partial charge in [0, 0.05) is 25.7 Å². The lowest BCUT2D eigenvalue weighted by Crippen LogP contribution is -2.48. The Balaban J connectivity index is 0.840. The summed E-state index contributed by atoms with van der Waals surface area (Å²) in [6, 6.07) is 106. The van der Waals surface area contributed by atoms with E-state index in [4.69, 9.17) is 104 Å². The predicted molar refractivity (Wildman–Crippen MR) is 496 cm³/mol. The van der Waals surface area contributed by atoms with E-state index in [2.05, 4.69) is 10.0 Å². The number of benzene rings is 11. The van der Waals surface area contributed by atoms with Crippen LogP contribution in [0.15, 0.2) is 339 Å². The van der Waals surface area contributed by atoms with E-state index in [9.17, 15) is 0 Å². The number of hydrogen-bond donors (Lipinski definition) is 0. The van der Waals surface area contributed by atoms with Crippen LogP contribution >= 0.6 is 15.6 Å². The summed E-state index contributed by atoms with van der Waals surface area (Å²) in [4.78, 5) is 2.88. The molecule has 0 N–H and O–H groups in total. The van der Waals surface area contributed by atoms with E-state index in [-0.39, 0.29) is 99.1 Å². The summed E-state index contributed by atoms with van der Waals surface area (Å²) in [5, 5.41) is 3.67. The number of phosphoric acid groups is 2.